The molecule has 2 aliphatic carbocycles. The first-order valence-electron chi connectivity index (χ1n) is 13.2. The molecule has 1 aromatic heterocycles. The number of hydrogen-bond donors (Lipinski definition) is 3. The quantitative estimate of drug-likeness (QED) is 0.464. The Bertz CT molecular complexity index is 1400. The van der Waals surface area contributed by atoms with Gasteiger partial charge in [-0.15, -0.1) is 0 Å². The number of nitrogens with one attached hydrogen (secondary N) is 2. The van der Waals surface area contributed by atoms with Crippen LogP contribution in [0.4, 0.5) is 0 Å². The predicted molar refractivity (Wildman–Crippen MR) is 141 cm³/mol. The number of benzene rings is 2. The lowest BCUT2D eigenvalue weighted by Crippen LogP contribution is -2.39. The standard InChI is InChI=1S/C30H34N4O3/c1-18(19-5-4-6-21(13-19)27(36)31-30(17-35)11-12-30)34-16-22-14-20(7-8-23(22)28(34)37)26-24-9-10-29(2,3)15-25(24)32-33-26/h4-8,13-14,18,35H,9-12,15-17H2,1-3H3,(H,31,36)(H,32,33)/t18-/m1/s1. The van der Waals surface area contributed by atoms with E-state index in [0.29, 0.717) is 12.1 Å². The highest BCUT2D eigenvalue weighted by Crippen LogP contribution is 2.39. The molecule has 3 aromatic rings. The van der Waals surface area contributed by atoms with Gasteiger partial charge in [-0.1, -0.05) is 32.0 Å². The van der Waals surface area contributed by atoms with Gasteiger partial charge in [0.25, 0.3) is 11.8 Å². The Labute approximate surface area is 217 Å². The molecule has 192 valence electrons. The molecule has 37 heavy (non-hydrogen) atoms. The zero-order valence-corrected chi connectivity index (χ0v) is 21.7. The number of amides is 2. The van der Waals surface area contributed by atoms with Crippen LogP contribution in [0.1, 0.15) is 89.2 Å². The third-order valence-electron chi connectivity index (χ3n) is 8.50. The first-order chi connectivity index (χ1) is 17.7. The largest absolute Gasteiger partial charge is 0.394 e. The second kappa shape index (κ2) is 8.55. The number of carbonyl (C=O) groups is 2. The molecule has 2 heterocycles. The van der Waals surface area contributed by atoms with E-state index in [1.807, 2.05) is 42.2 Å². The van der Waals surface area contributed by atoms with E-state index >= 15 is 0 Å². The van der Waals surface area contributed by atoms with Crippen molar-refractivity contribution in [2.24, 2.45) is 5.41 Å². The summed E-state index contributed by atoms with van der Waals surface area (Å²) in [7, 11) is 0. The highest BCUT2D eigenvalue weighted by Gasteiger charge is 2.43. The van der Waals surface area contributed by atoms with E-state index in [1.54, 1.807) is 6.07 Å². The van der Waals surface area contributed by atoms with E-state index in [-0.39, 0.29) is 29.9 Å². The Morgan fingerprint density at radius 1 is 1.19 bits per heavy atom. The summed E-state index contributed by atoms with van der Waals surface area (Å²) in [5.41, 5.74) is 7.60. The van der Waals surface area contributed by atoms with Crippen LogP contribution < -0.4 is 5.32 Å². The zero-order valence-electron chi connectivity index (χ0n) is 21.7. The van der Waals surface area contributed by atoms with E-state index in [2.05, 4.69) is 35.4 Å². The fourth-order valence-corrected chi connectivity index (χ4v) is 5.80. The monoisotopic (exact) mass is 498 g/mol. The number of aliphatic hydroxyl groups excluding tert-OH is 1. The SMILES string of the molecule is C[C@H](c1cccc(C(=O)NC2(CO)CC2)c1)N1Cc2cc(-c3n[nH]c4c3CCC(C)(C)C4)ccc2C1=O. The molecule has 3 aliphatic rings. The van der Waals surface area contributed by atoms with E-state index in [4.69, 9.17) is 0 Å². The summed E-state index contributed by atoms with van der Waals surface area (Å²) in [4.78, 5) is 28.0. The molecule has 1 atom stereocenters. The lowest BCUT2D eigenvalue weighted by atomic mass is 9.76. The van der Waals surface area contributed by atoms with E-state index in [0.717, 1.165) is 60.1 Å². The number of nitrogens with zero attached hydrogens (tertiary/aromatic N) is 2. The molecule has 7 heteroatoms. The predicted octanol–water partition coefficient (Wildman–Crippen LogP) is 4.56. The van der Waals surface area contributed by atoms with Gasteiger partial charge in [0.15, 0.2) is 0 Å². The maximum Gasteiger partial charge on any atom is 0.255 e. The molecule has 0 unspecified atom stereocenters. The van der Waals surface area contributed by atoms with Crippen LogP contribution in [0.3, 0.4) is 0 Å². The van der Waals surface area contributed by atoms with Crippen LogP contribution >= 0.6 is 0 Å². The van der Waals surface area contributed by atoms with E-state index < -0.39 is 5.54 Å². The molecule has 0 saturated heterocycles. The highest BCUT2D eigenvalue weighted by atomic mass is 16.3. The molecule has 0 bridgehead atoms. The Kier molecular flexibility index (Phi) is 5.53. The minimum absolute atomic E-state index is 0.00641. The second-order valence-corrected chi connectivity index (χ2v) is 11.9. The number of aromatic amines is 1. The zero-order chi connectivity index (χ0) is 25.9. The number of hydrogen-bond acceptors (Lipinski definition) is 4. The fraction of sp³-hybridized carbons (Fsp3) is 0.433. The van der Waals surface area contributed by atoms with Gasteiger partial charge in [-0.2, -0.15) is 5.10 Å². The summed E-state index contributed by atoms with van der Waals surface area (Å²) >= 11 is 0. The lowest BCUT2D eigenvalue weighted by molar-refractivity contribution is 0.0716. The molecular formula is C30H34N4O3. The number of fused-ring (bicyclic) bond motifs is 2. The van der Waals surface area contributed by atoms with Gasteiger partial charge in [-0.3, -0.25) is 14.7 Å². The number of carbonyl (C=O) groups excluding carboxylic acids is 2. The third kappa shape index (κ3) is 4.25. The van der Waals surface area contributed by atoms with Crippen molar-refractivity contribution >= 4 is 11.8 Å². The summed E-state index contributed by atoms with van der Waals surface area (Å²) in [6, 6.07) is 13.3. The molecule has 1 fully saturated rings. The van der Waals surface area contributed by atoms with Crippen LogP contribution in [-0.2, 0) is 19.4 Å². The van der Waals surface area contributed by atoms with Crippen molar-refractivity contribution in [1.82, 2.24) is 20.4 Å². The smallest absolute Gasteiger partial charge is 0.255 e. The van der Waals surface area contributed by atoms with Crippen LogP contribution in [-0.4, -0.2) is 44.2 Å². The van der Waals surface area contributed by atoms with Crippen molar-refractivity contribution in [3.8, 4) is 11.3 Å². The van der Waals surface area contributed by atoms with Crippen molar-refractivity contribution in [1.29, 1.82) is 0 Å². The van der Waals surface area contributed by atoms with Crippen molar-refractivity contribution < 1.29 is 14.7 Å². The van der Waals surface area contributed by atoms with Gasteiger partial charge in [0, 0.05) is 34.5 Å². The summed E-state index contributed by atoms with van der Waals surface area (Å²) in [6.45, 7) is 7.08. The summed E-state index contributed by atoms with van der Waals surface area (Å²) in [5.74, 6) is -0.182. The molecule has 6 rings (SSSR count). The minimum atomic E-state index is -0.466. The molecule has 1 saturated carbocycles. The van der Waals surface area contributed by atoms with Gasteiger partial charge in [0.05, 0.1) is 23.9 Å². The number of rotatable bonds is 6. The Balaban J connectivity index is 1.22. The normalized spacial score (nSPS) is 19.8. The Morgan fingerprint density at radius 3 is 2.76 bits per heavy atom. The Morgan fingerprint density at radius 2 is 2.00 bits per heavy atom. The average molecular weight is 499 g/mol. The molecular weight excluding hydrogens is 464 g/mol. The fourth-order valence-electron chi connectivity index (χ4n) is 5.80. The molecule has 0 spiro atoms. The third-order valence-corrected chi connectivity index (χ3v) is 8.50. The van der Waals surface area contributed by atoms with Crippen molar-refractivity contribution in [3.63, 3.8) is 0 Å². The lowest BCUT2D eigenvalue weighted by Gasteiger charge is -2.29. The first kappa shape index (κ1) is 23.9. The van der Waals surface area contributed by atoms with Crippen LogP contribution in [0.5, 0.6) is 0 Å². The van der Waals surface area contributed by atoms with E-state index in [9.17, 15) is 14.7 Å². The van der Waals surface area contributed by atoms with Gasteiger partial charge in [0.1, 0.15) is 0 Å². The van der Waals surface area contributed by atoms with Crippen molar-refractivity contribution in [2.75, 3.05) is 6.61 Å². The second-order valence-electron chi connectivity index (χ2n) is 11.9. The van der Waals surface area contributed by atoms with Gasteiger partial charge in [-0.25, -0.2) is 0 Å². The summed E-state index contributed by atoms with van der Waals surface area (Å²) in [5, 5.41) is 20.4. The van der Waals surface area contributed by atoms with Gasteiger partial charge in [0.2, 0.25) is 0 Å². The van der Waals surface area contributed by atoms with Gasteiger partial charge < -0.3 is 15.3 Å². The minimum Gasteiger partial charge on any atom is -0.394 e. The maximum absolute atomic E-state index is 13.4. The van der Waals surface area contributed by atoms with Crippen molar-refractivity contribution in [3.05, 3.63) is 76.0 Å². The van der Waals surface area contributed by atoms with Crippen LogP contribution in [0, 0.1) is 5.41 Å². The highest BCUT2D eigenvalue weighted by molar-refractivity contribution is 5.99. The molecule has 1 aliphatic heterocycles. The van der Waals surface area contributed by atoms with Gasteiger partial charge >= 0.3 is 0 Å². The number of aromatic nitrogens is 2. The van der Waals surface area contributed by atoms with Crippen molar-refractivity contribution in [2.45, 2.75) is 71.0 Å². The van der Waals surface area contributed by atoms with Crippen LogP contribution in [0.25, 0.3) is 11.3 Å². The average Bonchev–Trinajstić information content (AvgIpc) is 3.42. The van der Waals surface area contributed by atoms with Crippen LogP contribution in [0.15, 0.2) is 42.5 Å². The molecule has 2 aromatic carbocycles. The van der Waals surface area contributed by atoms with Crippen LogP contribution in [0.2, 0.25) is 0 Å². The maximum atomic E-state index is 13.4. The molecule has 7 nitrogen and oxygen atoms in total. The molecule has 3 N–H and O–H groups in total. The summed E-state index contributed by atoms with van der Waals surface area (Å²) in [6.07, 6.45) is 4.75. The van der Waals surface area contributed by atoms with Gasteiger partial charge in [-0.05, 0) is 79.8 Å². The summed E-state index contributed by atoms with van der Waals surface area (Å²) < 4.78 is 0. The topological polar surface area (TPSA) is 98.3 Å². The molecule has 0 radical (unpaired) electrons. The molecule has 2 amide bonds. The number of aliphatic hydroxyl groups is 1. The first-order valence-corrected chi connectivity index (χ1v) is 13.2. The Hall–Kier alpha value is -3.45. The van der Waals surface area contributed by atoms with E-state index in [1.165, 1.54) is 11.3 Å². The number of H-pyrrole nitrogens is 1.